The van der Waals surface area contributed by atoms with E-state index in [0.29, 0.717) is 5.92 Å². The number of alkyl carbamates (subject to hydrolysis) is 1. The van der Waals surface area contributed by atoms with E-state index in [4.69, 9.17) is 4.74 Å². The minimum Gasteiger partial charge on any atom is -0.444 e. The molecule has 0 aromatic heterocycles. The fourth-order valence-electron chi connectivity index (χ4n) is 1.74. The van der Waals surface area contributed by atoms with E-state index in [2.05, 4.69) is 17.6 Å². The molecule has 1 fully saturated rings. The van der Waals surface area contributed by atoms with Gasteiger partial charge in [-0.1, -0.05) is 6.92 Å². The molecule has 0 saturated carbocycles. The molecule has 1 rings (SSSR count). The van der Waals surface area contributed by atoms with Crippen molar-refractivity contribution in [1.29, 1.82) is 0 Å². The van der Waals surface area contributed by atoms with Crippen molar-refractivity contribution in [2.24, 2.45) is 5.92 Å². The molecular weight excluding hydrogens is 192 g/mol. The Morgan fingerprint density at radius 2 is 2.07 bits per heavy atom. The molecule has 4 heteroatoms. The van der Waals surface area contributed by atoms with Crippen molar-refractivity contribution in [1.82, 2.24) is 10.6 Å². The van der Waals surface area contributed by atoms with Crippen molar-refractivity contribution in [3.8, 4) is 0 Å². The molecule has 4 nitrogen and oxygen atoms in total. The molecule has 15 heavy (non-hydrogen) atoms. The fraction of sp³-hybridized carbons (Fsp3) is 0.909. The van der Waals surface area contributed by atoms with Crippen molar-refractivity contribution in [3.05, 3.63) is 0 Å². The Hall–Kier alpha value is -0.770. The number of carbonyl (C=O) groups is 1. The normalized spacial score (nSPS) is 27.2. The molecule has 1 aliphatic rings. The summed E-state index contributed by atoms with van der Waals surface area (Å²) in [5.41, 5.74) is -0.419. The maximum atomic E-state index is 11.5. The van der Waals surface area contributed by atoms with E-state index in [1.165, 1.54) is 0 Å². The smallest absolute Gasteiger partial charge is 0.407 e. The van der Waals surface area contributed by atoms with Crippen LogP contribution in [0.1, 0.15) is 34.1 Å². The highest BCUT2D eigenvalue weighted by Gasteiger charge is 2.23. The number of nitrogens with one attached hydrogen (secondary N) is 2. The van der Waals surface area contributed by atoms with Crippen LogP contribution in [0, 0.1) is 5.92 Å². The van der Waals surface area contributed by atoms with Crippen LogP contribution in [0.5, 0.6) is 0 Å². The first-order valence-electron chi connectivity index (χ1n) is 5.57. The van der Waals surface area contributed by atoms with Gasteiger partial charge < -0.3 is 15.4 Å². The third-order valence-corrected chi connectivity index (χ3v) is 2.29. The van der Waals surface area contributed by atoms with E-state index in [9.17, 15) is 4.79 Å². The summed E-state index contributed by atoms with van der Waals surface area (Å²) in [7, 11) is 0. The Kier molecular flexibility index (Phi) is 3.97. The van der Waals surface area contributed by atoms with Gasteiger partial charge in [-0.15, -0.1) is 0 Å². The molecule has 1 heterocycles. The summed E-state index contributed by atoms with van der Waals surface area (Å²) in [5, 5.41) is 6.16. The Morgan fingerprint density at radius 3 is 2.60 bits per heavy atom. The van der Waals surface area contributed by atoms with Crippen LogP contribution in [0.15, 0.2) is 0 Å². The Labute approximate surface area is 91.8 Å². The first-order chi connectivity index (χ1) is 6.87. The van der Waals surface area contributed by atoms with Gasteiger partial charge in [0.15, 0.2) is 0 Å². The lowest BCUT2D eigenvalue weighted by atomic mass is 9.98. The summed E-state index contributed by atoms with van der Waals surface area (Å²) in [6, 6.07) is 0.198. The first kappa shape index (κ1) is 12.3. The standard InChI is InChI=1S/C11H22N2O2/c1-8-5-9(7-12-6-8)13-10(14)15-11(2,3)4/h8-9,12H,5-7H2,1-4H3,(H,13,14)/t8-,9?/m0/s1. The number of rotatable bonds is 1. The molecule has 2 N–H and O–H groups in total. The predicted octanol–water partition coefficient (Wildman–Crippen LogP) is 1.51. The molecule has 0 spiro atoms. The number of hydrogen-bond acceptors (Lipinski definition) is 3. The van der Waals surface area contributed by atoms with Crippen LogP contribution in [0.25, 0.3) is 0 Å². The minimum atomic E-state index is -0.419. The second kappa shape index (κ2) is 4.84. The molecule has 2 atom stereocenters. The van der Waals surface area contributed by atoms with E-state index >= 15 is 0 Å². The lowest BCUT2D eigenvalue weighted by Gasteiger charge is -2.29. The second-order valence-electron chi connectivity index (χ2n) is 5.34. The quantitative estimate of drug-likeness (QED) is 0.695. The lowest BCUT2D eigenvalue weighted by Crippen LogP contribution is -2.49. The van der Waals surface area contributed by atoms with Gasteiger partial charge in [-0.2, -0.15) is 0 Å². The second-order valence-corrected chi connectivity index (χ2v) is 5.34. The molecule has 88 valence electrons. The van der Waals surface area contributed by atoms with Crippen molar-refractivity contribution in [3.63, 3.8) is 0 Å². The number of carbonyl (C=O) groups excluding carboxylic acids is 1. The zero-order valence-corrected chi connectivity index (χ0v) is 10.1. The van der Waals surface area contributed by atoms with Crippen LogP contribution in [0.2, 0.25) is 0 Å². The molecule has 1 aliphatic heterocycles. The Bertz CT molecular complexity index is 223. The van der Waals surface area contributed by atoms with Gasteiger partial charge in [0.1, 0.15) is 5.60 Å². The molecule has 0 bridgehead atoms. The highest BCUT2D eigenvalue weighted by molar-refractivity contribution is 5.68. The van der Waals surface area contributed by atoms with Gasteiger partial charge in [-0.3, -0.25) is 0 Å². The van der Waals surface area contributed by atoms with Crippen LogP contribution >= 0.6 is 0 Å². The average molecular weight is 214 g/mol. The van der Waals surface area contributed by atoms with Crippen molar-refractivity contribution < 1.29 is 9.53 Å². The van der Waals surface area contributed by atoms with Gasteiger partial charge in [-0.05, 0) is 39.7 Å². The van der Waals surface area contributed by atoms with Crippen molar-refractivity contribution >= 4 is 6.09 Å². The van der Waals surface area contributed by atoms with E-state index in [1.807, 2.05) is 20.8 Å². The molecule has 1 saturated heterocycles. The zero-order valence-electron chi connectivity index (χ0n) is 10.1. The molecule has 0 aliphatic carbocycles. The van der Waals surface area contributed by atoms with Crippen LogP contribution in [0.4, 0.5) is 4.79 Å². The molecule has 0 aromatic carbocycles. The van der Waals surface area contributed by atoms with E-state index < -0.39 is 5.60 Å². The molecule has 0 aromatic rings. The van der Waals surface area contributed by atoms with Crippen molar-refractivity contribution in [2.45, 2.75) is 45.8 Å². The summed E-state index contributed by atoms with van der Waals surface area (Å²) in [6.45, 7) is 9.66. The van der Waals surface area contributed by atoms with Crippen LogP contribution < -0.4 is 10.6 Å². The van der Waals surface area contributed by atoms with Crippen LogP contribution in [-0.2, 0) is 4.74 Å². The van der Waals surface area contributed by atoms with Gasteiger partial charge in [-0.25, -0.2) is 4.79 Å². The zero-order chi connectivity index (χ0) is 11.5. The van der Waals surface area contributed by atoms with Gasteiger partial charge in [0, 0.05) is 12.6 Å². The topological polar surface area (TPSA) is 50.4 Å². The fourth-order valence-corrected chi connectivity index (χ4v) is 1.74. The third-order valence-electron chi connectivity index (χ3n) is 2.29. The summed E-state index contributed by atoms with van der Waals surface area (Å²) in [4.78, 5) is 11.5. The van der Waals surface area contributed by atoms with Crippen molar-refractivity contribution in [2.75, 3.05) is 13.1 Å². The minimum absolute atomic E-state index is 0.198. The largest absolute Gasteiger partial charge is 0.444 e. The molecular formula is C11H22N2O2. The Balaban J connectivity index is 2.31. The maximum absolute atomic E-state index is 11.5. The van der Waals surface area contributed by atoms with E-state index in [0.717, 1.165) is 19.5 Å². The predicted molar refractivity (Wildman–Crippen MR) is 59.8 cm³/mol. The van der Waals surface area contributed by atoms with Gasteiger partial charge >= 0.3 is 6.09 Å². The van der Waals surface area contributed by atoms with Crippen LogP contribution in [0.3, 0.4) is 0 Å². The third kappa shape index (κ3) is 5.02. The number of piperidine rings is 1. The van der Waals surface area contributed by atoms with Gasteiger partial charge in [0.05, 0.1) is 0 Å². The first-order valence-corrected chi connectivity index (χ1v) is 5.57. The molecule has 1 amide bonds. The van der Waals surface area contributed by atoms with Crippen LogP contribution in [-0.4, -0.2) is 30.8 Å². The summed E-state index contributed by atoms with van der Waals surface area (Å²) < 4.78 is 5.20. The monoisotopic (exact) mass is 214 g/mol. The lowest BCUT2D eigenvalue weighted by molar-refractivity contribution is 0.0491. The number of hydrogen-bond donors (Lipinski definition) is 2. The average Bonchev–Trinajstić information content (AvgIpc) is 1.99. The maximum Gasteiger partial charge on any atom is 0.407 e. The van der Waals surface area contributed by atoms with Gasteiger partial charge in [0.2, 0.25) is 0 Å². The SMILES string of the molecule is C[C@@H]1CNCC(NC(=O)OC(C)(C)C)C1. The van der Waals surface area contributed by atoms with E-state index in [1.54, 1.807) is 0 Å². The highest BCUT2D eigenvalue weighted by atomic mass is 16.6. The Morgan fingerprint density at radius 1 is 1.40 bits per heavy atom. The highest BCUT2D eigenvalue weighted by Crippen LogP contribution is 2.11. The summed E-state index contributed by atoms with van der Waals surface area (Å²) >= 11 is 0. The van der Waals surface area contributed by atoms with Gasteiger partial charge in [0.25, 0.3) is 0 Å². The molecule has 0 radical (unpaired) electrons. The number of amides is 1. The summed E-state index contributed by atoms with van der Waals surface area (Å²) in [6.07, 6.45) is 0.704. The van der Waals surface area contributed by atoms with E-state index in [-0.39, 0.29) is 12.1 Å². The number of ether oxygens (including phenoxy) is 1. The molecule has 1 unspecified atom stereocenters. The summed E-state index contributed by atoms with van der Waals surface area (Å²) in [5.74, 6) is 0.610.